The van der Waals surface area contributed by atoms with E-state index in [1.54, 1.807) is 29.2 Å². The van der Waals surface area contributed by atoms with Crippen molar-refractivity contribution in [2.45, 2.75) is 6.54 Å². The average Bonchev–Trinajstić information content (AvgIpc) is 2.66. The van der Waals surface area contributed by atoms with Gasteiger partial charge in [-0.2, -0.15) is 5.10 Å². The van der Waals surface area contributed by atoms with E-state index < -0.39 is 6.09 Å². The van der Waals surface area contributed by atoms with Gasteiger partial charge in [-0.3, -0.25) is 4.68 Å². The van der Waals surface area contributed by atoms with E-state index in [0.29, 0.717) is 18.0 Å². The van der Waals surface area contributed by atoms with Crippen LogP contribution in [0.3, 0.4) is 0 Å². The molecule has 0 saturated carbocycles. The van der Waals surface area contributed by atoms with Crippen molar-refractivity contribution in [3.8, 4) is 5.75 Å². The Morgan fingerprint density at radius 3 is 2.82 bits per heavy atom. The summed E-state index contributed by atoms with van der Waals surface area (Å²) < 4.78 is 6.54. The minimum Gasteiger partial charge on any atom is -0.410 e. The van der Waals surface area contributed by atoms with Gasteiger partial charge in [-0.25, -0.2) is 4.79 Å². The summed E-state index contributed by atoms with van der Waals surface area (Å²) in [6, 6.07) is 7.11. The Kier molecular flexibility index (Phi) is 2.95. The SMILES string of the molecule is NC(=O)Oc1ccccc1Cn1cc(N)cn1. The van der Waals surface area contributed by atoms with Crippen molar-refractivity contribution >= 4 is 11.8 Å². The lowest BCUT2D eigenvalue weighted by molar-refractivity contribution is 0.210. The Hall–Kier alpha value is -2.50. The zero-order chi connectivity index (χ0) is 12.3. The van der Waals surface area contributed by atoms with Crippen LogP contribution in [0.25, 0.3) is 0 Å². The number of hydrogen-bond acceptors (Lipinski definition) is 4. The van der Waals surface area contributed by atoms with Crippen LogP contribution in [0.2, 0.25) is 0 Å². The highest BCUT2D eigenvalue weighted by Gasteiger charge is 2.06. The molecule has 88 valence electrons. The maximum atomic E-state index is 10.7. The van der Waals surface area contributed by atoms with Crippen LogP contribution >= 0.6 is 0 Å². The monoisotopic (exact) mass is 232 g/mol. The third kappa shape index (κ3) is 2.75. The number of carbonyl (C=O) groups is 1. The smallest absolute Gasteiger partial charge is 0.409 e. The largest absolute Gasteiger partial charge is 0.410 e. The number of carbonyl (C=O) groups excluding carboxylic acids is 1. The summed E-state index contributed by atoms with van der Waals surface area (Å²) in [7, 11) is 0. The predicted molar refractivity (Wildman–Crippen MR) is 62.4 cm³/mol. The second-order valence-corrected chi connectivity index (χ2v) is 3.50. The van der Waals surface area contributed by atoms with Crippen LogP contribution in [0.15, 0.2) is 36.7 Å². The third-order valence-electron chi connectivity index (χ3n) is 2.17. The Balaban J connectivity index is 2.23. The van der Waals surface area contributed by atoms with Gasteiger partial charge in [0.05, 0.1) is 18.4 Å². The molecule has 0 aliphatic heterocycles. The number of ether oxygens (including phenoxy) is 1. The van der Waals surface area contributed by atoms with Gasteiger partial charge in [0.2, 0.25) is 0 Å². The van der Waals surface area contributed by atoms with E-state index in [0.717, 1.165) is 5.56 Å². The van der Waals surface area contributed by atoms with Crippen LogP contribution in [-0.2, 0) is 6.54 Å². The van der Waals surface area contributed by atoms with Crippen molar-refractivity contribution in [3.05, 3.63) is 42.2 Å². The van der Waals surface area contributed by atoms with E-state index in [1.807, 2.05) is 12.1 Å². The average molecular weight is 232 g/mol. The maximum absolute atomic E-state index is 10.7. The zero-order valence-corrected chi connectivity index (χ0v) is 9.04. The summed E-state index contributed by atoms with van der Waals surface area (Å²) in [4.78, 5) is 10.7. The number of nitrogens with two attached hydrogens (primary N) is 2. The van der Waals surface area contributed by atoms with Gasteiger partial charge in [0.15, 0.2) is 0 Å². The van der Waals surface area contributed by atoms with Gasteiger partial charge in [-0.1, -0.05) is 18.2 Å². The number of para-hydroxylation sites is 1. The van der Waals surface area contributed by atoms with E-state index in [1.165, 1.54) is 0 Å². The van der Waals surface area contributed by atoms with Crippen molar-refractivity contribution in [1.82, 2.24) is 9.78 Å². The number of primary amides is 1. The molecule has 6 heteroatoms. The maximum Gasteiger partial charge on any atom is 0.409 e. The fourth-order valence-electron chi connectivity index (χ4n) is 1.48. The third-order valence-corrected chi connectivity index (χ3v) is 2.17. The molecule has 0 saturated heterocycles. The number of benzene rings is 1. The molecule has 1 amide bonds. The molecule has 6 nitrogen and oxygen atoms in total. The first kappa shape index (κ1) is 11.0. The minimum atomic E-state index is -0.836. The molecule has 0 aliphatic rings. The molecule has 0 atom stereocenters. The topological polar surface area (TPSA) is 96.2 Å². The van der Waals surface area contributed by atoms with Gasteiger partial charge in [0.25, 0.3) is 0 Å². The van der Waals surface area contributed by atoms with Gasteiger partial charge in [-0.05, 0) is 6.07 Å². The summed E-state index contributed by atoms with van der Waals surface area (Å²) in [6.45, 7) is 0.459. The molecular formula is C11H12N4O2. The van der Waals surface area contributed by atoms with Gasteiger partial charge in [0.1, 0.15) is 5.75 Å². The molecule has 0 bridgehead atoms. The van der Waals surface area contributed by atoms with Crippen molar-refractivity contribution in [2.75, 3.05) is 5.73 Å². The number of anilines is 1. The quantitative estimate of drug-likeness (QED) is 0.824. The highest BCUT2D eigenvalue weighted by molar-refractivity contribution is 5.68. The zero-order valence-electron chi connectivity index (χ0n) is 9.04. The lowest BCUT2D eigenvalue weighted by atomic mass is 10.2. The van der Waals surface area contributed by atoms with Crippen LogP contribution in [0.5, 0.6) is 5.75 Å². The van der Waals surface area contributed by atoms with Crippen LogP contribution in [-0.4, -0.2) is 15.9 Å². The van der Waals surface area contributed by atoms with Gasteiger partial charge in [-0.15, -0.1) is 0 Å². The lowest BCUT2D eigenvalue weighted by Gasteiger charge is -2.08. The fourth-order valence-corrected chi connectivity index (χ4v) is 1.48. The molecule has 2 rings (SSSR count). The van der Waals surface area contributed by atoms with E-state index >= 15 is 0 Å². The molecule has 2 aromatic rings. The number of nitrogens with zero attached hydrogens (tertiary/aromatic N) is 2. The highest BCUT2D eigenvalue weighted by Crippen LogP contribution is 2.19. The molecule has 17 heavy (non-hydrogen) atoms. The van der Waals surface area contributed by atoms with Crippen LogP contribution < -0.4 is 16.2 Å². The first-order valence-electron chi connectivity index (χ1n) is 4.98. The van der Waals surface area contributed by atoms with Crippen molar-refractivity contribution in [1.29, 1.82) is 0 Å². The molecular weight excluding hydrogens is 220 g/mol. The Morgan fingerprint density at radius 1 is 1.41 bits per heavy atom. The molecule has 1 aromatic heterocycles. The van der Waals surface area contributed by atoms with Crippen molar-refractivity contribution in [2.24, 2.45) is 5.73 Å². The summed E-state index contributed by atoms with van der Waals surface area (Å²) in [6.07, 6.45) is 2.41. The van der Waals surface area contributed by atoms with E-state index in [-0.39, 0.29) is 0 Å². The summed E-state index contributed by atoms with van der Waals surface area (Å²) in [5, 5.41) is 4.05. The van der Waals surface area contributed by atoms with Crippen LogP contribution in [0.4, 0.5) is 10.5 Å². The number of nitrogen functional groups attached to an aromatic ring is 1. The number of amides is 1. The second-order valence-electron chi connectivity index (χ2n) is 3.50. The van der Waals surface area contributed by atoms with Crippen LogP contribution in [0, 0.1) is 0 Å². The van der Waals surface area contributed by atoms with Gasteiger partial charge in [0, 0.05) is 11.8 Å². The molecule has 0 unspecified atom stereocenters. The first-order chi connectivity index (χ1) is 8.15. The molecule has 0 spiro atoms. The molecule has 0 aliphatic carbocycles. The molecule has 4 N–H and O–H groups in total. The second kappa shape index (κ2) is 4.56. The summed E-state index contributed by atoms with van der Waals surface area (Å²) >= 11 is 0. The molecule has 1 aromatic carbocycles. The van der Waals surface area contributed by atoms with E-state index in [4.69, 9.17) is 16.2 Å². The van der Waals surface area contributed by atoms with Crippen molar-refractivity contribution in [3.63, 3.8) is 0 Å². The first-order valence-corrected chi connectivity index (χ1v) is 4.98. The Morgan fingerprint density at radius 2 is 2.18 bits per heavy atom. The molecule has 0 radical (unpaired) electrons. The number of rotatable bonds is 3. The minimum absolute atomic E-state index is 0.425. The van der Waals surface area contributed by atoms with Crippen molar-refractivity contribution < 1.29 is 9.53 Å². The van der Waals surface area contributed by atoms with E-state index in [9.17, 15) is 4.79 Å². The number of hydrogen-bond donors (Lipinski definition) is 2. The predicted octanol–water partition coefficient (Wildman–Crippen LogP) is 0.971. The number of aromatic nitrogens is 2. The van der Waals surface area contributed by atoms with Crippen LogP contribution in [0.1, 0.15) is 5.56 Å². The summed E-state index contributed by atoms with van der Waals surface area (Å²) in [5.74, 6) is 0.425. The van der Waals surface area contributed by atoms with Gasteiger partial charge >= 0.3 is 6.09 Å². The lowest BCUT2D eigenvalue weighted by Crippen LogP contribution is -2.17. The van der Waals surface area contributed by atoms with E-state index in [2.05, 4.69) is 5.10 Å². The Labute approximate surface area is 97.8 Å². The normalized spacial score (nSPS) is 10.1. The standard InChI is InChI=1S/C11H12N4O2/c12-9-5-14-15(7-9)6-8-3-1-2-4-10(8)17-11(13)16/h1-5,7H,6,12H2,(H2,13,16). The highest BCUT2D eigenvalue weighted by atomic mass is 16.5. The fraction of sp³-hybridized carbons (Fsp3) is 0.0909. The molecule has 1 heterocycles. The Bertz CT molecular complexity index is 536. The summed E-state index contributed by atoms with van der Waals surface area (Å²) in [5.41, 5.74) is 11.9. The molecule has 0 fully saturated rings. The van der Waals surface area contributed by atoms with Gasteiger partial charge < -0.3 is 16.2 Å².